The van der Waals surface area contributed by atoms with Crippen LogP contribution in [0.1, 0.15) is 151 Å². The second-order valence-electron chi connectivity index (χ2n) is 15.8. The molecule has 3 atom stereocenters. The Kier molecular flexibility index (Phi) is 21.3. The lowest BCUT2D eigenvalue weighted by Crippen LogP contribution is -2.52. The number of aliphatic hydroxyl groups is 1. The van der Waals surface area contributed by atoms with Gasteiger partial charge in [0.15, 0.2) is 0 Å². The monoisotopic (exact) mass is 725 g/mol. The highest BCUT2D eigenvalue weighted by Gasteiger charge is 2.40. The van der Waals surface area contributed by atoms with Crippen molar-refractivity contribution in [3.63, 3.8) is 0 Å². The largest absolute Gasteiger partial charge is 0.481 e. The van der Waals surface area contributed by atoms with E-state index in [9.17, 15) is 24.3 Å². The van der Waals surface area contributed by atoms with Gasteiger partial charge in [0.1, 0.15) is 35.4 Å². The zero-order chi connectivity index (χ0) is 39.2. The van der Waals surface area contributed by atoms with E-state index >= 15 is 0 Å². The van der Waals surface area contributed by atoms with Crippen LogP contribution in [0.3, 0.4) is 0 Å². The average molecular weight is 726 g/mol. The first-order chi connectivity index (χ1) is 24.4. The zero-order valence-electron chi connectivity index (χ0n) is 33.5. The number of carbonyl (C=O) groups excluding carboxylic acids is 4. The molecule has 292 valence electrons. The fourth-order valence-electron chi connectivity index (χ4n) is 5.55. The van der Waals surface area contributed by atoms with Crippen LogP contribution in [0.4, 0.5) is 0 Å². The Bertz CT molecular complexity index is 1320. The molecule has 0 aromatic heterocycles. The van der Waals surface area contributed by atoms with Gasteiger partial charge in [-0.2, -0.15) is 0 Å². The van der Waals surface area contributed by atoms with E-state index in [1.54, 1.807) is 78.8 Å². The number of allylic oxidation sites excluding steroid dienone is 1. The van der Waals surface area contributed by atoms with Crippen molar-refractivity contribution in [1.82, 2.24) is 5.32 Å². The van der Waals surface area contributed by atoms with Crippen LogP contribution in [0, 0.1) is 17.8 Å². The maximum atomic E-state index is 14.0. The molecule has 0 unspecified atom stereocenters. The van der Waals surface area contributed by atoms with Gasteiger partial charge in [0, 0.05) is 19.3 Å². The highest BCUT2D eigenvalue weighted by Crippen LogP contribution is 2.26. The van der Waals surface area contributed by atoms with E-state index in [0.29, 0.717) is 30.8 Å². The van der Waals surface area contributed by atoms with Crippen LogP contribution >= 0.6 is 0 Å². The van der Waals surface area contributed by atoms with Crippen LogP contribution in [0.15, 0.2) is 36.4 Å². The van der Waals surface area contributed by atoms with E-state index in [-0.39, 0.29) is 13.0 Å². The van der Waals surface area contributed by atoms with Gasteiger partial charge in [0.25, 0.3) is 0 Å². The molecule has 0 aliphatic rings. The number of amides is 1. The molecular weight excluding hydrogens is 658 g/mol. The van der Waals surface area contributed by atoms with Gasteiger partial charge in [-0.05, 0) is 98.8 Å². The normalized spacial score (nSPS) is 14.0. The lowest BCUT2D eigenvalue weighted by Gasteiger charge is -2.32. The Labute approximate surface area is 314 Å². The van der Waals surface area contributed by atoms with Crippen LogP contribution in [0.5, 0.6) is 5.75 Å². The zero-order valence-corrected chi connectivity index (χ0v) is 33.5. The molecule has 0 aliphatic heterocycles. The topological polar surface area (TPSA) is 128 Å². The van der Waals surface area contributed by atoms with E-state index in [1.807, 2.05) is 6.08 Å². The summed E-state index contributed by atoms with van der Waals surface area (Å²) in [6.45, 7) is 16.1. The van der Waals surface area contributed by atoms with Gasteiger partial charge >= 0.3 is 11.9 Å². The number of ketones is 1. The molecule has 0 fully saturated rings. The van der Waals surface area contributed by atoms with Crippen molar-refractivity contribution >= 4 is 23.6 Å². The van der Waals surface area contributed by atoms with Crippen molar-refractivity contribution in [2.24, 2.45) is 5.92 Å². The van der Waals surface area contributed by atoms with E-state index in [2.05, 4.69) is 24.1 Å². The number of esters is 2. The van der Waals surface area contributed by atoms with Gasteiger partial charge < -0.3 is 24.6 Å². The molecule has 2 N–H and O–H groups in total. The molecule has 1 aromatic carbocycles. The molecular formula is C43H67NO8. The number of rotatable bonds is 24. The molecule has 1 aromatic rings. The number of carbonyl (C=O) groups is 4. The van der Waals surface area contributed by atoms with E-state index in [4.69, 9.17) is 14.2 Å². The Balaban J connectivity index is 3.05. The van der Waals surface area contributed by atoms with Gasteiger partial charge in [0.05, 0.1) is 17.9 Å². The molecule has 1 rings (SSSR count). The van der Waals surface area contributed by atoms with Crippen LogP contribution in [0.25, 0.3) is 0 Å². The van der Waals surface area contributed by atoms with Gasteiger partial charge in [-0.1, -0.05) is 75.7 Å². The van der Waals surface area contributed by atoms with Crippen LogP contribution in [0.2, 0.25) is 0 Å². The molecule has 9 nitrogen and oxygen atoms in total. The third kappa shape index (κ3) is 21.7. The summed E-state index contributed by atoms with van der Waals surface area (Å²) >= 11 is 0. The summed E-state index contributed by atoms with van der Waals surface area (Å²) in [5, 5.41) is 14.4. The minimum Gasteiger partial charge on any atom is -0.481 e. The number of hydrogen-bond acceptors (Lipinski definition) is 8. The standard InChI is InChI=1S/C43H67NO8/c1-10-12-14-17-20-23-34(45)24-21-18-15-16-19-22-25-36(43(9,49)32-38(46)51-41(3,4)5)39(47)44-37(40(48)52-42(6,7)8)31-33-26-28-35(29-27-33)50-30-13-11-2/h22,25-29,36-37,49H,10,12,14-21,23-24,30-32H2,1-9H3,(H,44,47)/b25-22+/t36-,37+,43+/m1/s1. The minimum atomic E-state index is -1.82. The molecule has 52 heavy (non-hydrogen) atoms. The van der Waals surface area contributed by atoms with Crippen molar-refractivity contribution in [2.75, 3.05) is 6.61 Å². The molecule has 9 heteroatoms. The Morgan fingerprint density at radius 3 is 1.96 bits per heavy atom. The number of Topliss-reactive ketones (excluding diaryl/α,β-unsaturated/α-hetero) is 1. The molecule has 0 heterocycles. The van der Waals surface area contributed by atoms with Crippen molar-refractivity contribution in [3.8, 4) is 17.6 Å². The highest BCUT2D eigenvalue weighted by atomic mass is 16.6. The highest BCUT2D eigenvalue weighted by molar-refractivity contribution is 5.88. The summed E-state index contributed by atoms with van der Waals surface area (Å²) in [4.78, 5) is 52.4. The summed E-state index contributed by atoms with van der Waals surface area (Å²) in [6.07, 6.45) is 14.4. The van der Waals surface area contributed by atoms with E-state index in [1.165, 1.54) is 26.2 Å². The lowest BCUT2D eigenvalue weighted by atomic mass is 9.84. The summed E-state index contributed by atoms with van der Waals surface area (Å²) < 4.78 is 16.7. The van der Waals surface area contributed by atoms with Crippen molar-refractivity contribution in [3.05, 3.63) is 42.0 Å². The SMILES string of the molecule is CC#CCOc1ccc(C[C@H](NC(=O)[C@@H](/C=C/CCCCCCC(=O)CCCCCCC)[C@@](C)(O)CC(=O)OC(C)(C)C)C(=O)OC(C)(C)C)cc1. The van der Waals surface area contributed by atoms with Gasteiger partial charge in [-0.15, -0.1) is 5.92 Å². The third-order valence-corrected chi connectivity index (χ3v) is 8.20. The summed E-state index contributed by atoms with van der Waals surface area (Å²) in [6, 6.07) is 6.07. The Hall–Kier alpha value is -3.64. The van der Waals surface area contributed by atoms with Gasteiger partial charge in [-0.3, -0.25) is 14.4 Å². The second-order valence-corrected chi connectivity index (χ2v) is 15.8. The van der Waals surface area contributed by atoms with Crippen LogP contribution < -0.4 is 10.1 Å². The molecule has 0 spiro atoms. The van der Waals surface area contributed by atoms with E-state index in [0.717, 1.165) is 44.1 Å². The smallest absolute Gasteiger partial charge is 0.329 e. The predicted molar refractivity (Wildman–Crippen MR) is 207 cm³/mol. The molecule has 0 saturated carbocycles. The molecule has 0 aliphatic carbocycles. The first-order valence-electron chi connectivity index (χ1n) is 19.1. The molecule has 0 bridgehead atoms. The quantitative estimate of drug-likeness (QED) is 0.0471. The average Bonchev–Trinajstić information content (AvgIpc) is 3.02. The van der Waals surface area contributed by atoms with Crippen molar-refractivity contribution in [1.29, 1.82) is 0 Å². The van der Waals surface area contributed by atoms with E-state index < -0.39 is 53.0 Å². The first kappa shape index (κ1) is 46.4. The Morgan fingerprint density at radius 1 is 0.827 bits per heavy atom. The molecule has 0 radical (unpaired) electrons. The number of hydrogen-bond donors (Lipinski definition) is 2. The number of unbranched alkanes of at least 4 members (excludes halogenated alkanes) is 8. The Morgan fingerprint density at radius 2 is 1.40 bits per heavy atom. The number of benzene rings is 1. The van der Waals surface area contributed by atoms with Crippen molar-refractivity contribution in [2.45, 2.75) is 175 Å². The fraction of sp³-hybridized carbons (Fsp3) is 0.674. The fourth-order valence-corrected chi connectivity index (χ4v) is 5.55. The van der Waals surface area contributed by atoms with Crippen LogP contribution in [-0.4, -0.2) is 58.2 Å². The van der Waals surface area contributed by atoms with Gasteiger partial charge in [0.2, 0.25) is 5.91 Å². The summed E-state index contributed by atoms with van der Waals surface area (Å²) in [5.41, 5.74) is -2.64. The maximum Gasteiger partial charge on any atom is 0.329 e. The summed E-state index contributed by atoms with van der Waals surface area (Å²) in [5.74, 6) is 3.52. The third-order valence-electron chi connectivity index (χ3n) is 8.20. The number of nitrogens with one attached hydrogen (secondary N) is 1. The lowest BCUT2D eigenvalue weighted by molar-refractivity contribution is -0.164. The van der Waals surface area contributed by atoms with Gasteiger partial charge in [-0.25, -0.2) is 4.79 Å². The molecule has 1 amide bonds. The summed E-state index contributed by atoms with van der Waals surface area (Å²) in [7, 11) is 0. The van der Waals surface area contributed by atoms with Crippen LogP contribution in [-0.2, 0) is 35.1 Å². The predicted octanol–water partition coefficient (Wildman–Crippen LogP) is 8.38. The van der Waals surface area contributed by atoms with Crippen molar-refractivity contribution < 1.29 is 38.5 Å². The first-order valence-corrected chi connectivity index (χ1v) is 19.1. The number of ether oxygens (including phenoxy) is 3. The molecule has 0 saturated heterocycles. The second kappa shape index (κ2) is 23.8. The maximum absolute atomic E-state index is 14.0. The minimum absolute atomic E-state index is 0.127.